The molecule has 2 amide bonds. The van der Waals surface area contributed by atoms with E-state index in [0.717, 1.165) is 31.0 Å². The maximum atomic E-state index is 14.0. The van der Waals surface area contributed by atoms with E-state index in [1.54, 1.807) is 28.8 Å². The molecule has 1 fully saturated rings. The number of hydrogen-bond donors (Lipinski definition) is 1. The summed E-state index contributed by atoms with van der Waals surface area (Å²) in [5.41, 5.74) is 2.62. The molecule has 1 N–H and O–H groups in total. The lowest BCUT2D eigenvalue weighted by Crippen LogP contribution is -2.40. The van der Waals surface area contributed by atoms with Crippen LogP contribution in [0.3, 0.4) is 0 Å². The van der Waals surface area contributed by atoms with Crippen LogP contribution in [0.25, 0.3) is 0 Å². The van der Waals surface area contributed by atoms with E-state index >= 15 is 0 Å². The zero-order valence-corrected chi connectivity index (χ0v) is 24.5. The van der Waals surface area contributed by atoms with Crippen LogP contribution in [0.4, 0.5) is 10.1 Å². The largest absolute Gasteiger partial charge is 0.351 e. The van der Waals surface area contributed by atoms with Crippen LogP contribution in [0, 0.1) is 11.8 Å². The number of hydrogen-bond acceptors (Lipinski definition) is 4. The van der Waals surface area contributed by atoms with E-state index in [4.69, 9.17) is 11.6 Å². The molecular weight excluding hydrogens is 545 g/mol. The Morgan fingerprint density at radius 2 is 1.93 bits per heavy atom. The van der Waals surface area contributed by atoms with Gasteiger partial charge in [-0.15, -0.1) is 23.4 Å². The number of benzene rings is 2. The number of nitrogens with zero attached hydrogens (tertiary/aromatic N) is 2. The lowest BCUT2D eigenvalue weighted by molar-refractivity contribution is -0.118. The van der Waals surface area contributed by atoms with Crippen molar-refractivity contribution in [2.24, 2.45) is 11.8 Å². The number of thioether (sulfide) groups is 1. The first-order chi connectivity index (χ1) is 19.4. The zero-order valence-electron chi connectivity index (χ0n) is 22.9. The molecule has 5 rings (SSSR count). The number of carbonyl (C=O) groups is 2. The smallest absolute Gasteiger partial charge is 0.251 e. The van der Waals surface area contributed by atoms with E-state index in [-0.39, 0.29) is 35.4 Å². The van der Waals surface area contributed by atoms with Crippen LogP contribution in [0.2, 0.25) is 0 Å². The lowest BCUT2D eigenvalue weighted by Gasteiger charge is -2.32. The summed E-state index contributed by atoms with van der Waals surface area (Å²) in [5.74, 6) is -0.181. The molecular formula is C32H37ClFN3O2S. The van der Waals surface area contributed by atoms with Gasteiger partial charge in [-0.2, -0.15) is 0 Å². The Kier molecular flexibility index (Phi) is 9.66. The molecule has 2 heterocycles. The molecule has 1 aliphatic carbocycles. The SMILES string of the molecule is CC1CC(=O)N(CC2C=C(F)C=CC2Cl)c2cc(C(=O)NCCN3CCC(Cc4ccccc4)CC3)ccc2S1. The van der Waals surface area contributed by atoms with Crippen LogP contribution >= 0.6 is 23.4 Å². The summed E-state index contributed by atoms with van der Waals surface area (Å²) < 4.78 is 14.0. The molecule has 212 valence electrons. The first kappa shape index (κ1) is 28.9. The number of carbonyl (C=O) groups excluding carboxylic acids is 2. The van der Waals surface area contributed by atoms with Crippen LogP contribution in [0.5, 0.6) is 0 Å². The summed E-state index contributed by atoms with van der Waals surface area (Å²) in [4.78, 5) is 31.4. The number of halogens is 2. The van der Waals surface area contributed by atoms with Crippen molar-refractivity contribution in [1.29, 1.82) is 0 Å². The number of anilines is 1. The molecule has 0 aromatic heterocycles. The highest BCUT2D eigenvalue weighted by Crippen LogP contribution is 2.39. The van der Waals surface area contributed by atoms with Crippen molar-refractivity contribution >= 4 is 40.9 Å². The number of nitrogens with one attached hydrogen (secondary N) is 1. The quantitative estimate of drug-likeness (QED) is 0.375. The average molecular weight is 582 g/mol. The fraction of sp³-hybridized carbons (Fsp3) is 0.438. The number of alkyl halides is 1. The van der Waals surface area contributed by atoms with Crippen molar-refractivity contribution in [3.05, 3.63) is 83.7 Å². The van der Waals surface area contributed by atoms with E-state index in [1.807, 2.05) is 19.1 Å². The van der Waals surface area contributed by atoms with E-state index in [1.165, 1.54) is 30.6 Å². The van der Waals surface area contributed by atoms with Crippen LogP contribution in [0.1, 0.15) is 42.1 Å². The molecule has 40 heavy (non-hydrogen) atoms. The van der Waals surface area contributed by atoms with Crippen molar-refractivity contribution in [1.82, 2.24) is 10.2 Å². The Labute approximate surface area is 245 Å². The van der Waals surface area contributed by atoms with Crippen molar-refractivity contribution in [2.75, 3.05) is 37.6 Å². The molecule has 3 aliphatic rings. The van der Waals surface area contributed by atoms with Gasteiger partial charge in [0, 0.05) is 47.7 Å². The highest BCUT2D eigenvalue weighted by Gasteiger charge is 2.31. The molecule has 2 aromatic carbocycles. The summed E-state index contributed by atoms with van der Waals surface area (Å²) in [5, 5.41) is 2.76. The van der Waals surface area contributed by atoms with E-state index in [0.29, 0.717) is 30.1 Å². The van der Waals surface area contributed by atoms with Crippen molar-refractivity contribution < 1.29 is 14.0 Å². The van der Waals surface area contributed by atoms with Gasteiger partial charge in [-0.25, -0.2) is 4.39 Å². The highest BCUT2D eigenvalue weighted by atomic mass is 35.5. The van der Waals surface area contributed by atoms with Crippen molar-refractivity contribution in [3.63, 3.8) is 0 Å². The topological polar surface area (TPSA) is 52.7 Å². The number of fused-ring (bicyclic) bond motifs is 1. The summed E-state index contributed by atoms with van der Waals surface area (Å²) in [6.45, 7) is 5.76. The predicted molar refractivity (Wildman–Crippen MR) is 162 cm³/mol. The molecule has 0 radical (unpaired) electrons. The van der Waals surface area contributed by atoms with Crippen LogP contribution < -0.4 is 10.2 Å². The van der Waals surface area contributed by atoms with Gasteiger partial charge in [-0.1, -0.05) is 43.3 Å². The average Bonchev–Trinajstić information content (AvgIpc) is 3.06. The fourth-order valence-corrected chi connectivity index (χ4v) is 7.07. The van der Waals surface area contributed by atoms with Gasteiger partial charge in [0.25, 0.3) is 5.91 Å². The third-order valence-electron chi connectivity index (χ3n) is 8.01. The Hall–Kier alpha value is -2.61. The first-order valence-corrected chi connectivity index (χ1v) is 15.5. The maximum absolute atomic E-state index is 14.0. The van der Waals surface area contributed by atoms with Gasteiger partial charge >= 0.3 is 0 Å². The van der Waals surface area contributed by atoms with Crippen molar-refractivity contribution in [3.8, 4) is 0 Å². The van der Waals surface area contributed by atoms with Crippen LogP contribution in [-0.2, 0) is 11.2 Å². The second kappa shape index (κ2) is 13.4. The molecule has 0 spiro atoms. The molecule has 2 aliphatic heterocycles. The molecule has 3 atom stereocenters. The number of allylic oxidation sites excluding steroid dienone is 3. The molecule has 8 heteroatoms. The maximum Gasteiger partial charge on any atom is 0.251 e. The molecule has 0 saturated carbocycles. The van der Waals surface area contributed by atoms with Crippen LogP contribution in [-0.4, -0.2) is 60.1 Å². The Morgan fingerprint density at radius 1 is 1.15 bits per heavy atom. The number of likely N-dealkylation sites (tertiary alicyclic amines) is 1. The predicted octanol–water partition coefficient (Wildman–Crippen LogP) is 6.24. The number of piperidine rings is 1. The van der Waals surface area contributed by atoms with Gasteiger partial charge in [0.2, 0.25) is 5.91 Å². The second-order valence-corrected chi connectivity index (χ2v) is 13.1. The van der Waals surface area contributed by atoms with E-state index in [2.05, 4.69) is 40.5 Å². The summed E-state index contributed by atoms with van der Waals surface area (Å²) in [6, 6.07) is 16.2. The summed E-state index contributed by atoms with van der Waals surface area (Å²) >= 11 is 8.07. The molecule has 1 saturated heterocycles. The minimum Gasteiger partial charge on any atom is -0.351 e. The normalized spacial score (nSPS) is 23.9. The monoisotopic (exact) mass is 581 g/mol. The Balaban J connectivity index is 1.18. The standard InChI is InChI=1S/C32H37ClFN3O2S/c1-22-17-31(38)37(21-26-19-27(34)8-9-28(26)33)29-20-25(7-10-30(29)40-22)32(39)35-13-16-36-14-11-24(12-15-36)18-23-5-3-2-4-6-23/h2-10,19-20,22,24,26,28H,11-18,21H2,1H3,(H,35,39). The Bertz CT molecular complexity index is 1260. The third kappa shape index (κ3) is 7.36. The number of amides is 2. The van der Waals surface area contributed by atoms with Crippen LogP contribution in [0.15, 0.2) is 77.5 Å². The van der Waals surface area contributed by atoms with Gasteiger partial charge in [0.1, 0.15) is 5.83 Å². The molecule has 2 aromatic rings. The Morgan fingerprint density at radius 3 is 2.70 bits per heavy atom. The minimum absolute atomic E-state index is 0.0424. The van der Waals surface area contributed by atoms with E-state index < -0.39 is 5.38 Å². The van der Waals surface area contributed by atoms with Gasteiger partial charge < -0.3 is 15.1 Å². The van der Waals surface area contributed by atoms with Crippen molar-refractivity contribution in [2.45, 2.75) is 48.1 Å². The summed E-state index contributed by atoms with van der Waals surface area (Å²) in [6.07, 6.45) is 8.31. The van der Waals surface area contributed by atoms with Gasteiger partial charge in [-0.05, 0) is 74.2 Å². The minimum atomic E-state index is -0.404. The second-order valence-electron chi connectivity index (χ2n) is 11.1. The molecule has 3 unspecified atom stereocenters. The van der Waals surface area contributed by atoms with Gasteiger partial charge in [0.15, 0.2) is 0 Å². The van der Waals surface area contributed by atoms with E-state index in [9.17, 15) is 14.0 Å². The molecule has 0 bridgehead atoms. The van der Waals surface area contributed by atoms with Gasteiger partial charge in [0.05, 0.1) is 11.1 Å². The summed E-state index contributed by atoms with van der Waals surface area (Å²) in [7, 11) is 0. The third-order valence-corrected chi connectivity index (χ3v) is 9.64. The highest BCUT2D eigenvalue weighted by molar-refractivity contribution is 8.00. The number of rotatable bonds is 8. The lowest BCUT2D eigenvalue weighted by atomic mass is 9.90. The first-order valence-electron chi connectivity index (χ1n) is 14.2. The molecule has 5 nitrogen and oxygen atoms in total. The zero-order chi connectivity index (χ0) is 28.1. The van der Waals surface area contributed by atoms with Gasteiger partial charge in [-0.3, -0.25) is 9.59 Å². The fourth-order valence-electron chi connectivity index (χ4n) is 5.75.